The molecule has 0 aliphatic heterocycles. The van der Waals surface area contributed by atoms with Crippen LogP contribution >= 0.6 is 50.5 Å². The normalized spacial score (nSPS) is 12.1. The first-order chi connectivity index (χ1) is 9.71. The molecule has 0 N–H and O–H groups in total. The summed E-state index contributed by atoms with van der Waals surface area (Å²) in [6.07, 6.45) is 0. The lowest BCUT2D eigenvalue weighted by atomic mass is 10.2. The Morgan fingerprint density at radius 2 is 1.95 bits per heavy atom. The van der Waals surface area contributed by atoms with Gasteiger partial charge in [0.2, 0.25) is 10.0 Å². The summed E-state index contributed by atoms with van der Waals surface area (Å²) in [6, 6.07) is 6.64. The van der Waals surface area contributed by atoms with Crippen molar-refractivity contribution < 1.29 is 8.42 Å². The number of aryl methyl sites for hydroxylation is 1. The Morgan fingerprint density at radius 1 is 1.29 bits per heavy atom. The summed E-state index contributed by atoms with van der Waals surface area (Å²) in [5.41, 5.74) is 0.707. The van der Waals surface area contributed by atoms with Crippen LogP contribution in [0.25, 0.3) is 0 Å². The molecule has 1 aromatic heterocycles. The minimum absolute atomic E-state index is 0.186. The number of halogens is 3. The molecule has 3 nitrogen and oxygen atoms in total. The SMILES string of the molecule is Cc1sc(Br)cc1S(=O)(=O)N(C)Cc1ccc(Cl)cc1Cl. The Morgan fingerprint density at radius 3 is 2.48 bits per heavy atom. The summed E-state index contributed by atoms with van der Waals surface area (Å²) in [7, 11) is -2.02. The highest BCUT2D eigenvalue weighted by atomic mass is 79.9. The second-order valence-corrected chi connectivity index (χ2v) is 9.96. The summed E-state index contributed by atoms with van der Waals surface area (Å²) >= 11 is 16.6. The molecular formula is C13H12BrCl2NO2S2. The van der Waals surface area contributed by atoms with Crippen LogP contribution in [0.3, 0.4) is 0 Å². The highest BCUT2D eigenvalue weighted by molar-refractivity contribution is 9.11. The van der Waals surface area contributed by atoms with Crippen LogP contribution < -0.4 is 0 Å². The molecule has 2 aromatic rings. The lowest BCUT2D eigenvalue weighted by molar-refractivity contribution is 0.466. The van der Waals surface area contributed by atoms with Gasteiger partial charge in [-0.1, -0.05) is 29.3 Å². The Bertz CT molecular complexity index is 774. The standard InChI is InChI=1S/C13H12BrCl2NO2S2/c1-8-12(6-13(14)20-8)21(18,19)17(2)7-9-3-4-10(15)5-11(9)16/h3-6H,7H2,1-2H3. The third-order valence-electron chi connectivity index (χ3n) is 2.94. The fourth-order valence-electron chi connectivity index (χ4n) is 1.83. The number of benzene rings is 1. The van der Waals surface area contributed by atoms with Crippen molar-refractivity contribution >= 4 is 60.5 Å². The zero-order valence-corrected chi connectivity index (χ0v) is 16.0. The minimum Gasteiger partial charge on any atom is -0.207 e. The molecule has 0 radical (unpaired) electrons. The van der Waals surface area contributed by atoms with Crippen LogP contribution in [0.15, 0.2) is 32.9 Å². The van der Waals surface area contributed by atoms with Gasteiger partial charge in [-0.25, -0.2) is 8.42 Å². The summed E-state index contributed by atoms with van der Waals surface area (Å²) < 4.78 is 27.3. The molecule has 0 saturated carbocycles. The zero-order chi connectivity index (χ0) is 15.8. The van der Waals surface area contributed by atoms with Crippen molar-refractivity contribution in [2.45, 2.75) is 18.4 Å². The number of nitrogens with zero attached hydrogens (tertiary/aromatic N) is 1. The third kappa shape index (κ3) is 3.81. The molecule has 2 rings (SSSR count). The van der Waals surface area contributed by atoms with Crippen molar-refractivity contribution in [2.24, 2.45) is 0 Å². The molecule has 1 aromatic carbocycles. The topological polar surface area (TPSA) is 37.4 Å². The van der Waals surface area contributed by atoms with Crippen molar-refractivity contribution in [1.82, 2.24) is 4.31 Å². The molecule has 0 saturated heterocycles. The maximum absolute atomic E-state index is 12.6. The molecular weight excluding hydrogens is 417 g/mol. The average Bonchev–Trinajstić information content (AvgIpc) is 2.72. The molecule has 1 heterocycles. The number of rotatable bonds is 4. The van der Waals surface area contributed by atoms with Crippen LogP contribution in [0.2, 0.25) is 10.0 Å². The van der Waals surface area contributed by atoms with Gasteiger partial charge >= 0.3 is 0 Å². The van der Waals surface area contributed by atoms with Crippen LogP contribution in [0.1, 0.15) is 10.4 Å². The number of hydrogen-bond acceptors (Lipinski definition) is 3. The molecule has 0 fully saturated rings. The van der Waals surface area contributed by atoms with Gasteiger partial charge in [0.05, 0.1) is 8.68 Å². The van der Waals surface area contributed by atoms with Gasteiger partial charge in [0, 0.05) is 28.5 Å². The molecule has 8 heteroatoms. The first-order valence-electron chi connectivity index (χ1n) is 5.88. The number of sulfonamides is 1. The van der Waals surface area contributed by atoms with Crippen LogP contribution in [0.4, 0.5) is 0 Å². The van der Waals surface area contributed by atoms with Crippen LogP contribution in [-0.4, -0.2) is 19.8 Å². The molecule has 0 bridgehead atoms. The van der Waals surface area contributed by atoms with E-state index in [1.165, 1.54) is 22.7 Å². The monoisotopic (exact) mass is 427 g/mol. The highest BCUT2D eigenvalue weighted by Gasteiger charge is 2.25. The van der Waals surface area contributed by atoms with Gasteiger partial charge in [0.25, 0.3) is 0 Å². The Kier molecular flexibility index (Phi) is 5.39. The van der Waals surface area contributed by atoms with E-state index < -0.39 is 10.0 Å². The van der Waals surface area contributed by atoms with E-state index in [0.717, 1.165) is 8.66 Å². The smallest absolute Gasteiger partial charge is 0.207 e. The first-order valence-corrected chi connectivity index (χ1v) is 9.68. The Hall–Kier alpha value is -0.110. The van der Waals surface area contributed by atoms with Gasteiger partial charge in [-0.2, -0.15) is 4.31 Å². The van der Waals surface area contributed by atoms with E-state index in [-0.39, 0.29) is 6.54 Å². The van der Waals surface area contributed by atoms with Gasteiger partial charge in [0.15, 0.2) is 0 Å². The van der Waals surface area contributed by atoms with E-state index in [2.05, 4.69) is 15.9 Å². The predicted molar refractivity (Wildman–Crippen MR) is 91.9 cm³/mol. The molecule has 21 heavy (non-hydrogen) atoms. The summed E-state index contributed by atoms with van der Waals surface area (Å²) in [6.45, 7) is 1.97. The van der Waals surface area contributed by atoms with E-state index in [0.29, 0.717) is 20.5 Å². The molecule has 0 spiro atoms. The van der Waals surface area contributed by atoms with Gasteiger partial charge in [-0.05, 0) is 46.6 Å². The van der Waals surface area contributed by atoms with Gasteiger partial charge in [0.1, 0.15) is 0 Å². The van der Waals surface area contributed by atoms with E-state index in [9.17, 15) is 8.42 Å². The van der Waals surface area contributed by atoms with Crippen LogP contribution in [0.5, 0.6) is 0 Å². The second-order valence-electron chi connectivity index (χ2n) is 4.47. The lowest BCUT2D eigenvalue weighted by Crippen LogP contribution is -2.26. The van der Waals surface area contributed by atoms with Crippen LogP contribution in [0, 0.1) is 6.92 Å². The molecule has 0 atom stereocenters. The molecule has 0 aliphatic carbocycles. The first kappa shape index (κ1) is 17.2. The Balaban J connectivity index is 2.31. The van der Waals surface area contributed by atoms with Crippen molar-refractivity contribution in [3.8, 4) is 0 Å². The summed E-state index contributed by atoms with van der Waals surface area (Å²) in [5, 5.41) is 0.972. The van der Waals surface area contributed by atoms with Crippen molar-refractivity contribution in [1.29, 1.82) is 0 Å². The van der Waals surface area contributed by atoms with E-state index in [4.69, 9.17) is 23.2 Å². The van der Waals surface area contributed by atoms with E-state index in [1.807, 2.05) is 0 Å². The second kappa shape index (κ2) is 6.56. The summed E-state index contributed by atoms with van der Waals surface area (Å²) in [5.74, 6) is 0. The van der Waals surface area contributed by atoms with Gasteiger partial charge < -0.3 is 0 Å². The highest BCUT2D eigenvalue weighted by Crippen LogP contribution is 2.32. The predicted octanol–water partition coefficient (Wildman–Crippen LogP) is 4.95. The molecule has 0 amide bonds. The van der Waals surface area contributed by atoms with E-state index in [1.54, 1.807) is 31.2 Å². The van der Waals surface area contributed by atoms with Crippen LogP contribution in [-0.2, 0) is 16.6 Å². The summed E-state index contributed by atoms with van der Waals surface area (Å²) in [4.78, 5) is 1.06. The Labute approximate surface area is 146 Å². The maximum Gasteiger partial charge on any atom is 0.244 e. The van der Waals surface area contributed by atoms with Crippen molar-refractivity contribution in [3.63, 3.8) is 0 Å². The van der Waals surface area contributed by atoms with Crippen molar-refractivity contribution in [2.75, 3.05) is 7.05 Å². The fraction of sp³-hybridized carbons (Fsp3) is 0.231. The van der Waals surface area contributed by atoms with Gasteiger partial charge in [-0.3, -0.25) is 0 Å². The zero-order valence-electron chi connectivity index (χ0n) is 11.2. The third-order valence-corrected chi connectivity index (χ3v) is 7.14. The average molecular weight is 429 g/mol. The van der Waals surface area contributed by atoms with Crippen molar-refractivity contribution in [3.05, 3.63) is 48.5 Å². The number of thiophene rings is 1. The van der Waals surface area contributed by atoms with Gasteiger partial charge in [-0.15, -0.1) is 11.3 Å². The minimum atomic E-state index is -3.55. The largest absolute Gasteiger partial charge is 0.244 e. The lowest BCUT2D eigenvalue weighted by Gasteiger charge is -2.18. The molecule has 0 unspecified atom stereocenters. The quantitative estimate of drug-likeness (QED) is 0.690. The fourth-order valence-corrected chi connectivity index (χ4v) is 5.83. The van der Waals surface area contributed by atoms with E-state index >= 15 is 0 Å². The number of hydrogen-bond donors (Lipinski definition) is 0. The molecule has 114 valence electrons. The molecule has 0 aliphatic rings. The maximum atomic E-state index is 12.6.